The molecule has 0 radical (unpaired) electrons. The molecule has 2 aliphatic heterocycles. The molecular weight excluding hydrogens is 440 g/mol. The maximum Gasteiger partial charge on any atom is 0.226 e. The minimum absolute atomic E-state index is 0.154. The lowest BCUT2D eigenvalue weighted by atomic mass is 9.91. The van der Waals surface area contributed by atoms with Gasteiger partial charge in [0, 0.05) is 55.3 Å². The molecule has 9 nitrogen and oxygen atoms in total. The largest absolute Gasteiger partial charge is 0.393 e. The lowest BCUT2D eigenvalue weighted by molar-refractivity contribution is 0.0651. The minimum atomic E-state index is -0.154. The van der Waals surface area contributed by atoms with Gasteiger partial charge in [-0.1, -0.05) is 29.6 Å². The second kappa shape index (κ2) is 12.1. The van der Waals surface area contributed by atoms with Crippen molar-refractivity contribution in [3.8, 4) is 0 Å². The van der Waals surface area contributed by atoms with Gasteiger partial charge in [0.15, 0.2) is 0 Å². The summed E-state index contributed by atoms with van der Waals surface area (Å²) in [6, 6.07) is 2.92. The van der Waals surface area contributed by atoms with Crippen molar-refractivity contribution < 1.29 is 5.11 Å². The third-order valence-electron chi connectivity index (χ3n) is 7.47. The Morgan fingerprint density at radius 2 is 1.85 bits per heavy atom. The molecule has 2 N–H and O–H groups in total. The molecule has 0 bridgehead atoms. The highest BCUT2D eigenvalue weighted by atomic mass is 35.5. The van der Waals surface area contributed by atoms with Gasteiger partial charge in [0.25, 0.3) is 0 Å². The number of aromatic nitrogens is 2. The van der Waals surface area contributed by atoms with Gasteiger partial charge in [-0.15, -0.1) is 0 Å². The predicted octanol–water partition coefficient (Wildman–Crippen LogP) is 4.76. The smallest absolute Gasteiger partial charge is 0.226 e. The molecule has 0 amide bonds. The van der Waals surface area contributed by atoms with E-state index in [0.717, 1.165) is 70.4 Å². The normalized spacial score (nSPS) is 28.8. The molecular formula is C23H37ClN8O. The second-order valence-electron chi connectivity index (χ2n) is 9.68. The van der Waals surface area contributed by atoms with Gasteiger partial charge >= 0.3 is 0 Å². The molecule has 1 aromatic rings. The Labute approximate surface area is 201 Å². The molecule has 182 valence electrons. The van der Waals surface area contributed by atoms with Gasteiger partial charge in [0.2, 0.25) is 5.95 Å². The number of aliphatic hydroxyl groups is 1. The molecule has 0 aromatic carbocycles. The molecule has 1 aromatic heterocycles. The van der Waals surface area contributed by atoms with Crippen LogP contribution >= 0.6 is 11.6 Å². The Morgan fingerprint density at radius 3 is 2.58 bits per heavy atom. The zero-order valence-electron chi connectivity index (χ0n) is 19.4. The van der Waals surface area contributed by atoms with Crippen molar-refractivity contribution in [2.45, 2.75) is 94.9 Å². The maximum atomic E-state index is 9.95. The van der Waals surface area contributed by atoms with E-state index in [1.54, 1.807) is 0 Å². The van der Waals surface area contributed by atoms with Crippen LogP contribution in [0.4, 0.5) is 11.8 Å². The van der Waals surface area contributed by atoms with Gasteiger partial charge < -0.3 is 15.3 Å². The van der Waals surface area contributed by atoms with Crippen molar-refractivity contribution in [2.24, 2.45) is 5.11 Å². The van der Waals surface area contributed by atoms with Crippen LogP contribution < -0.4 is 10.2 Å². The first-order chi connectivity index (χ1) is 16.1. The van der Waals surface area contributed by atoms with E-state index in [2.05, 4.69) is 30.1 Å². The summed E-state index contributed by atoms with van der Waals surface area (Å²) in [7, 11) is 0. The fraction of sp³-hybridized carbons (Fsp3) is 0.826. The molecule has 33 heavy (non-hydrogen) atoms. The van der Waals surface area contributed by atoms with E-state index in [9.17, 15) is 5.11 Å². The lowest BCUT2D eigenvalue weighted by Crippen LogP contribution is -2.46. The summed E-state index contributed by atoms with van der Waals surface area (Å²) < 4.78 is 0. The van der Waals surface area contributed by atoms with Gasteiger partial charge in [-0.25, -0.2) is 4.98 Å². The zero-order valence-corrected chi connectivity index (χ0v) is 20.2. The third-order valence-corrected chi connectivity index (χ3v) is 7.66. The maximum absolute atomic E-state index is 9.95. The number of rotatable bonds is 8. The Bertz CT molecular complexity index is 804. The van der Waals surface area contributed by atoms with Crippen LogP contribution in [-0.4, -0.2) is 70.4 Å². The van der Waals surface area contributed by atoms with Crippen molar-refractivity contribution in [1.29, 1.82) is 0 Å². The molecule has 0 unspecified atom stereocenters. The number of nitrogens with one attached hydrogen (secondary N) is 1. The van der Waals surface area contributed by atoms with E-state index in [-0.39, 0.29) is 12.1 Å². The SMILES string of the molecule is [N-]=[N+]=NCCC[C@@H]1[C@@H](Nc2nc(Cl)cc(N3CCCCCC3)n2)CCN1C1CCC(O)CC1. The monoisotopic (exact) mass is 476 g/mol. The van der Waals surface area contributed by atoms with E-state index in [4.69, 9.17) is 22.1 Å². The molecule has 4 rings (SSSR count). The summed E-state index contributed by atoms with van der Waals surface area (Å²) in [5, 5.41) is 17.8. The lowest BCUT2D eigenvalue weighted by Gasteiger charge is -2.38. The highest BCUT2D eigenvalue weighted by Gasteiger charge is 2.39. The summed E-state index contributed by atoms with van der Waals surface area (Å²) in [5.74, 6) is 1.52. The Morgan fingerprint density at radius 1 is 1.09 bits per heavy atom. The topological polar surface area (TPSA) is 113 Å². The van der Waals surface area contributed by atoms with Crippen LogP contribution in [0.15, 0.2) is 11.2 Å². The van der Waals surface area contributed by atoms with Crippen LogP contribution in [0.25, 0.3) is 10.4 Å². The molecule has 3 heterocycles. The molecule has 3 aliphatic rings. The third kappa shape index (κ3) is 6.63. The average molecular weight is 477 g/mol. The molecule has 2 atom stereocenters. The fourth-order valence-electron chi connectivity index (χ4n) is 5.77. The Balaban J connectivity index is 1.47. The summed E-state index contributed by atoms with van der Waals surface area (Å²) >= 11 is 6.42. The number of likely N-dealkylation sites (tertiary alicyclic amines) is 1. The van der Waals surface area contributed by atoms with E-state index < -0.39 is 0 Å². The first kappa shape index (κ1) is 24.3. The van der Waals surface area contributed by atoms with Crippen LogP contribution in [-0.2, 0) is 0 Å². The number of halogens is 1. The number of aliphatic hydroxyl groups excluding tert-OH is 1. The van der Waals surface area contributed by atoms with Crippen molar-refractivity contribution >= 4 is 23.4 Å². The Kier molecular flexibility index (Phi) is 8.89. The number of nitrogens with zero attached hydrogens (tertiary/aromatic N) is 7. The molecule has 2 saturated heterocycles. The first-order valence-corrected chi connectivity index (χ1v) is 13.0. The second-order valence-corrected chi connectivity index (χ2v) is 10.1. The molecule has 1 saturated carbocycles. The van der Waals surface area contributed by atoms with Crippen molar-refractivity contribution in [1.82, 2.24) is 14.9 Å². The van der Waals surface area contributed by atoms with Gasteiger partial charge in [-0.05, 0) is 63.3 Å². The number of anilines is 2. The highest BCUT2D eigenvalue weighted by Crippen LogP contribution is 2.33. The van der Waals surface area contributed by atoms with E-state index >= 15 is 0 Å². The highest BCUT2D eigenvalue weighted by molar-refractivity contribution is 6.29. The zero-order chi connectivity index (χ0) is 23.0. The minimum Gasteiger partial charge on any atom is -0.393 e. The average Bonchev–Trinajstić information content (AvgIpc) is 3.01. The van der Waals surface area contributed by atoms with Crippen LogP contribution in [0, 0.1) is 0 Å². The molecule has 3 fully saturated rings. The van der Waals surface area contributed by atoms with Gasteiger partial charge in [-0.3, -0.25) is 4.90 Å². The number of azide groups is 1. The van der Waals surface area contributed by atoms with Crippen molar-refractivity contribution in [3.05, 3.63) is 21.7 Å². The quantitative estimate of drug-likeness (QED) is 0.184. The summed E-state index contributed by atoms with van der Waals surface area (Å²) in [5.41, 5.74) is 8.64. The van der Waals surface area contributed by atoms with Gasteiger partial charge in [0.05, 0.1) is 6.10 Å². The van der Waals surface area contributed by atoms with E-state index in [0.29, 0.717) is 29.7 Å². The van der Waals surface area contributed by atoms with Gasteiger partial charge in [-0.2, -0.15) is 4.98 Å². The van der Waals surface area contributed by atoms with Crippen LogP contribution in [0.5, 0.6) is 0 Å². The summed E-state index contributed by atoms with van der Waals surface area (Å²) in [4.78, 5) is 17.2. The summed E-state index contributed by atoms with van der Waals surface area (Å²) in [6.07, 6.45) is 11.4. The van der Waals surface area contributed by atoms with Crippen molar-refractivity contribution in [2.75, 3.05) is 36.4 Å². The molecule has 0 spiro atoms. The van der Waals surface area contributed by atoms with Crippen LogP contribution in [0.2, 0.25) is 5.15 Å². The van der Waals surface area contributed by atoms with E-state index in [1.807, 2.05) is 6.07 Å². The standard InChI is InChI=1S/C23H37ClN8O/c24-21-16-22(31-13-3-1-2-4-14-31)29-23(28-21)27-19-11-15-32(17-7-9-18(33)10-8-17)20(19)6-5-12-26-30-25/h16-20,33H,1-15H2,(H,27,28,29)/t17?,18?,19-,20+/m0/s1. The first-order valence-electron chi connectivity index (χ1n) is 12.6. The summed E-state index contributed by atoms with van der Waals surface area (Å²) in [6.45, 7) is 3.56. The van der Waals surface area contributed by atoms with Gasteiger partial charge in [0.1, 0.15) is 11.0 Å². The number of hydrogen-bond donors (Lipinski definition) is 2. The van der Waals surface area contributed by atoms with Crippen LogP contribution in [0.3, 0.4) is 0 Å². The van der Waals surface area contributed by atoms with Crippen LogP contribution in [0.1, 0.15) is 70.6 Å². The molecule has 10 heteroatoms. The van der Waals surface area contributed by atoms with E-state index in [1.165, 1.54) is 25.7 Å². The Hall–Kier alpha value is -1.80. The fourth-order valence-corrected chi connectivity index (χ4v) is 5.95. The number of hydrogen-bond acceptors (Lipinski definition) is 7. The van der Waals surface area contributed by atoms with Crippen molar-refractivity contribution in [3.63, 3.8) is 0 Å². The molecule has 1 aliphatic carbocycles. The predicted molar refractivity (Wildman–Crippen MR) is 132 cm³/mol.